The highest BCUT2D eigenvalue weighted by atomic mass is 32.2. The molecule has 1 saturated heterocycles. The number of nitrogens with zero attached hydrogens (tertiary/aromatic N) is 2. The molecule has 0 saturated carbocycles. The van der Waals surface area contributed by atoms with Gasteiger partial charge >= 0.3 is 5.97 Å². The quantitative estimate of drug-likeness (QED) is 0.675. The van der Waals surface area contributed by atoms with Crippen LogP contribution in [0.1, 0.15) is 35.2 Å². The zero-order chi connectivity index (χ0) is 21.7. The van der Waals surface area contributed by atoms with E-state index in [1.165, 1.54) is 10.4 Å². The summed E-state index contributed by atoms with van der Waals surface area (Å²) in [6, 6.07) is 6.36. The summed E-state index contributed by atoms with van der Waals surface area (Å²) in [5, 5.41) is 13.3. The van der Waals surface area contributed by atoms with E-state index in [9.17, 15) is 22.4 Å². The van der Waals surface area contributed by atoms with Gasteiger partial charge in [-0.15, -0.1) is 11.3 Å². The molecular formula is C19H18FN3O5S2. The molecule has 0 aliphatic carbocycles. The summed E-state index contributed by atoms with van der Waals surface area (Å²) in [4.78, 5) is 23.6. The van der Waals surface area contributed by atoms with Gasteiger partial charge in [0.15, 0.2) is 6.61 Å². The van der Waals surface area contributed by atoms with Crippen molar-refractivity contribution in [2.45, 2.75) is 24.2 Å². The van der Waals surface area contributed by atoms with Crippen molar-refractivity contribution in [1.82, 2.24) is 4.31 Å². The minimum atomic E-state index is -4.08. The second-order valence-corrected chi connectivity index (χ2v) is 9.33. The number of halogens is 1. The lowest BCUT2D eigenvalue weighted by Crippen LogP contribution is -2.36. The maximum atomic E-state index is 14.2. The molecule has 1 aliphatic rings. The first-order chi connectivity index (χ1) is 14.3. The molecule has 1 aromatic heterocycles. The predicted octanol–water partition coefficient (Wildman–Crippen LogP) is 2.73. The Bertz CT molecular complexity index is 1100. The summed E-state index contributed by atoms with van der Waals surface area (Å²) in [7, 11) is -4.08. The molecule has 0 bridgehead atoms. The molecule has 0 radical (unpaired) electrons. The summed E-state index contributed by atoms with van der Waals surface area (Å²) in [6.07, 6.45) is 2.29. The van der Waals surface area contributed by atoms with Crippen molar-refractivity contribution in [1.29, 1.82) is 5.26 Å². The third kappa shape index (κ3) is 4.84. The largest absolute Gasteiger partial charge is 0.452 e. The van der Waals surface area contributed by atoms with Gasteiger partial charge in [0, 0.05) is 13.1 Å². The second kappa shape index (κ2) is 9.34. The molecule has 1 fully saturated rings. The number of piperidine rings is 1. The monoisotopic (exact) mass is 451 g/mol. The lowest BCUT2D eigenvalue weighted by Gasteiger charge is -2.26. The van der Waals surface area contributed by atoms with Crippen LogP contribution in [0.25, 0.3) is 0 Å². The molecule has 2 aromatic rings. The number of esters is 1. The van der Waals surface area contributed by atoms with E-state index < -0.39 is 39.2 Å². The Kier molecular flexibility index (Phi) is 6.81. The fourth-order valence-electron chi connectivity index (χ4n) is 2.94. The van der Waals surface area contributed by atoms with Crippen LogP contribution in [0.15, 0.2) is 34.5 Å². The second-order valence-electron chi connectivity index (χ2n) is 6.51. The topological polar surface area (TPSA) is 117 Å². The zero-order valence-electron chi connectivity index (χ0n) is 15.8. The third-order valence-electron chi connectivity index (χ3n) is 4.47. The molecule has 8 nitrogen and oxygen atoms in total. The van der Waals surface area contributed by atoms with Crippen LogP contribution in [0.4, 0.5) is 9.39 Å². The minimum absolute atomic E-state index is 0.186. The Morgan fingerprint density at radius 3 is 2.67 bits per heavy atom. The van der Waals surface area contributed by atoms with Crippen LogP contribution >= 0.6 is 11.3 Å². The Labute approximate surface area is 176 Å². The number of anilines is 1. The van der Waals surface area contributed by atoms with E-state index >= 15 is 0 Å². The molecule has 1 aromatic carbocycles. The average molecular weight is 452 g/mol. The molecule has 30 heavy (non-hydrogen) atoms. The van der Waals surface area contributed by atoms with E-state index in [4.69, 9.17) is 10.00 Å². The average Bonchev–Trinajstić information content (AvgIpc) is 3.19. The number of benzene rings is 1. The predicted molar refractivity (Wildman–Crippen MR) is 107 cm³/mol. The molecule has 2 heterocycles. The number of nitriles is 1. The molecule has 158 valence electrons. The SMILES string of the molecule is N#Cc1ccsc1NC(=O)COC(=O)c1ccc(F)c(S(=O)(=O)N2CCCCC2)c1. The van der Waals surface area contributed by atoms with Crippen molar-refractivity contribution >= 4 is 38.2 Å². The molecule has 1 N–H and O–H groups in total. The van der Waals surface area contributed by atoms with Crippen LogP contribution in [0.2, 0.25) is 0 Å². The van der Waals surface area contributed by atoms with Crippen molar-refractivity contribution in [3.63, 3.8) is 0 Å². The fourth-order valence-corrected chi connectivity index (χ4v) is 5.30. The summed E-state index contributed by atoms with van der Waals surface area (Å²) in [5.74, 6) is -2.59. The molecule has 3 rings (SSSR count). The number of carbonyl (C=O) groups is 2. The zero-order valence-corrected chi connectivity index (χ0v) is 17.4. The summed E-state index contributed by atoms with van der Waals surface area (Å²) >= 11 is 1.14. The lowest BCUT2D eigenvalue weighted by atomic mass is 10.2. The number of sulfonamides is 1. The number of rotatable bonds is 6. The van der Waals surface area contributed by atoms with Crippen molar-refractivity contribution in [3.05, 3.63) is 46.6 Å². The number of amides is 1. The van der Waals surface area contributed by atoms with E-state index in [2.05, 4.69) is 5.32 Å². The van der Waals surface area contributed by atoms with E-state index in [0.29, 0.717) is 30.9 Å². The Morgan fingerprint density at radius 1 is 1.23 bits per heavy atom. The number of thiophene rings is 1. The van der Waals surface area contributed by atoms with Crippen LogP contribution in [0.5, 0.6) is 0 Å². The molecule has 0 atom stereocenters. The van der Waals surface area contributed by atoms with Crippen LogP contribution < -0.4 is 5.32 Å². The van der Waals surface area contributed by atoms with Gasteiger partial charge in [-0.25, -0.2) is 17.6 Å². The van der Waals surface area contributed by atoms with Crippen molar-refractivity contribution < 1.29 is 27.1 Å². The van der Waals surface area contributed by atoms with E-state index in [1.54, 1.807) is 5.38 Å². The minimum Gasteiger partial charge on any atom is -0.452 e. The highest BCUT2D eigenvalue weighted by Gasteiger charge is 2.29. The number of hydrogen-bond acceptors (Lipinski definition) is 7. The van der Waals surface area contributed by atoms with Crippen molar-refractivity contribution in [3.8, 4) is 6.07 Å². The molecular weight excluding hydrogens is 433 g/mol. The van der Waals surface area contributed by atoms with Crippen LogP contribution in [-0.2, 0) is 19.6 Å². The van der Waals surface area contributed by atoms with Crippen LogP contribution in [-0.4, -0.2) is 44.3 Å². The molecule has 11 heteroatoms. The first kappa shape index (κ1) is 21.9. The highest BCUT2D eigenvalue weighted by Crippen LogP contribution is 2.24. The van der Waals surface area contributed by atoms with Gasteiger partial charge in [0.05, 0.1) is 11.1 Å². The Hall–Kier alpha value is -2.81. The molecule has 1 amide bonds. The molecule has 1 aliphatic heterocycles. The number of carbonyl (C=O) groups excluding carboxylic acids is 2. The summed E-state index contributed by atoms with van der Waals surface area (Å²) in [6.45, 7) is -0.0543. The van der Waals surface area contributed by atoms with Gasteiger partial charge in [-0.3, -0.25) is 4.79 Å². The normalized spacial score (nSPS) is 14.7. The molecule has 0 spiro atoms. The van der Waals surface area contributed by atoms with Gasteiger partial charge in [0.2, 0.25) is 10.0 Å². The first-order valence-electron chi connectivity index (χ1n) is 9.07. The number of hydrogen-bond donors (Lipinski definition) is 1. The van der Waals surface area contributed by atoms with E-state index in [-0.39, 0.29) is 11.1 Å². The van der Waals surface area contributed by atoms with Gasteiger partial charge < -0.3 is 10.1 Å². The first-order valence-corrected chi connectivity index (χ1v) is 11.4. The Balaban J connectivity index is 1.68. The van der Waals surface area contributed by atoms with Crippen molar-refractivity contribution in [2.24, 2.45) is 0 Å². The maximum Gasteiger partial charge on any atom is 0.338 e. The number of ether oxygens (including phenoxy) is 1. The fraction of sp³-hybridized carbons (Fsp3) is 0.316. The van der Waals surface area contributed by atoms with Gasteiger partial charge in [-0.2, -0.15) is 9.57 Å². The highest BCUT2D eigenvalue weighted by molar-refractivity contribution is 7.89. The lowest BCUT2D eigenvalue weighted by molar-refractivity contribution is -0.119. The van der Waals surface area contributed by atoms with Gasteiger partial charge in [0.1, 0.15) is 21.8 Å². The number of nitrogens with one attached hydrogen (secondary N) is 1. The van der Waals surface area contributed by atoms with E-state index in [1.807, 2.05) is 6.07 Å². The Morgan fingerprint density at radius 2 is 1.97 bits per heavy atom. The smallest absolute Gasteiger partial charge is 0.338 e. The summed E-state index contributed by atoms with van der Waals surface area (Å²) in [5.41, 5.74) is 0.0967. The van der Waals surface area contributed by atoms with Gasteiger partial charge in [-0.1, -0.05) is 6.42 Å². The van der Waals surface area contributed by atoms with Crippen LogP contribution in [0.3, 0.4) is 0 Å². The third-order valence-corrected chi connectivity index (χ3v) is 7.22. The van der Waals surface area contributed by atoms with Gasteiger partial charge in [0.25, 0.3) is 5.91 Å². The molecule has 0 unspecified atom stereocenters. The standard InChI is InChI=1S/C19H18FN3O5S2/c20-15-5-4-13(10-16(15)30(26,27)23-7-2-1-3-8-23)19(25)28-12-17(24)22-18-14(11-21)6-9-29-18/h4-6,9-10H,1-3,7-8,12H2,(H,22,24). The van der Waals surface area contributed by atoms with Crippen LogP contribution in [0, 0.1) is 17.1 Å². The summed E-state index contributed by atoms with van der Waals surface area (Å²) < 4.78 is 45.8. The van der Waals surface area contributed by atoms with Gasteiger partial charge in [-0.05, 0) is 42.5 Å². The van der Waals surface area contributed by atoms with E-state index in [0.717, 1.165) is 36.0 Å². The van der Waals surface area contributed by atoms with Crippen molar-refractivity contribution in [2.75, 3.05) is 25.0 Å². The maximum absolute atomic E-state index is 14.2.